The van der Waals surface area contributed by atoms with E-state index in [0.717, 1.165) is 44.5 Å². The van der Waals surface area contributed by atoms with Crippen molar-refractivity contribution >= 4 is 45.6 Å². The second-order valence-electron chi connectivity index (χ2n) is 13.1. The monoisotopic (exact) mass is 832 g/mol. The molecule has 6 rings (SSSR count). The predicted molar refractivity (Wildman–Crippen MR) is 237 cm³/mol. The molecule has 0 fully saturated rings. The Kier molecular flexibility index (Phi) is 18.2. The first kappa shape index (κ1) is 46.9. The van der Waals surface area contributed by atoms with Crippen molar-refractivity contribution in [1.29, 1.82) is 0 Å². The molecule has 320 valence electrons. The molecule has 0 aromatic heterocycles. The van der Waals surface area contributed by atoms with Crippen LogP contribution in [-0.2, 0) is 19.1 Å². The van der Waals surface area contributed by atoms with Crippen LogP contribution in [0.3, 0.4) is 0 Å². The Morgan fingerprint density at radius 2 is 0.918 bits per heavy atom. The van der Waals surface area contributed by atoms with Crippen LogP contribution in [0.2, 0.25) is 0 Å². The number of hydrogen-bond donors (Lipinski definition) is 1. The number of ether oxygens (including phenoxy) is 8. The van der Waals surface area contributed by atoms with Crippen LogP contribution in [0.25, 0.3) is 21.5 Å². The molecule has 6 aromatic rings. The number of ketones is 2. The molecule has 0 aliphatic carbocycles. The third-order valence-corrected chi connectivity index (χ3v) is 9.41. The summed E-state index contributed by atoms with van der Waals surface area (Å²) in [5.74, 6) is 2.76. The van der Waals surface area contributed by atoms with Crippen LogP contribution in [0.5, 0.6) is 34.5 Å². The van der Waals surface area contributed by atoms with Gasteiger partial charge in [-0.25, -0.2) is 0 Å². The van der Waals surface area contributed by atoms with Crippen LogP contribution in [0.15, 0.2) is 114 Å². The molecule has 0 amide bonds. The van der Waals surface area contributed by atoms with E-state index in [1.165, 1.54) is 35.5 Å². The molecule has 0 saturated carbocycles. The van der Waals surface area contributed by atoms with Crippen LogP contribution in [0.4, 0.5) is 0 Å². The summed E-state index contributed by atoms with van der Waals surface area (Å²) in [6.45, 7) is -0.0205. The van der Waals surface area contributed by atoms with Gasteiger partial charge in [-0.2, -0.15) is 0 Å². The van der Waals surface area contributed by atoms with E-state index >= 15 is 0 Å². The normalized spacial score (nSPS) is 11.6. The highest BCUT2D eigenvalue weighted by Gasteiger charge is 2.21. The predicted octanol–water partition coefficient (Wildman–Crippen LogP) is 7.82. The molecule has 0 aliphatic rings. The standard InChI is InChI=1S/C24H25NO5.C14H15NO2.C10H12O4/c1-27-21-11-16(12-22(28-2)24(21)30-4)14-25-15-20(26)23(29-3)19-10-9-17-7-5-6-8-18(17)13-19;1-17-14(13(16)9-15)12-7-6-10-4-2-3-5-11(10)8-12;1-12-8-4-7(6-11)5-9(13-2)10(8)14-3/h5-14,23H,15H2,1-4H3;2-8,14H,9,15H2,1H3;4-6H,1-3H3. The van der Waals surface area contributed by atoms with Crippen LogP contribution in [0.1, 0.15) is 39.3 Å². The molecule has 0 radical (unpaired) electrons. The Balaban J connectivity index is 0.000000223. The summed E-state index contributed by atoms with van der Waals surface area (Å²) in [6, 6.07) is 34.5. The smallest absolute Gasteiger partial charge is 0.203 e. The number of carbonyl (C=O) groups is 3. The lowest BCUT2D eigenvalue weighted by molar-refractivity contribution is -0.128. The highest BCUT2D eigenvalue weighted by atomic mass is 16.5. The van der Waals surface area contributed by atoms with Gasteiger partial charge >= 0.3 is 0 Å². The lowest BCUT2D eigenvalue weighted by Crippen LogP contribution is -2.22. The molecule has 2 N–H and O–H groups in total. The fraction of sp³-hybridized carbons (Fsp3) is 0.250. The average Bonchev–Trinajstić information content (AvgIpc) is 3.31. The summed E-state index contributed by atoms with van der Waals surface area (Å²) < 4.78 is 41.9. The molecule has 13 heteroatoms. The van der Waals surface area contributed by atoms with Gasteiger partial charge in [0.2, 0.25) is 11.5 Å². The number of aldehydes is 1. The molecule has 0 spiro atoms. The van der Waals surface area contributed by atoms with E-state index in [4.69, 9.17) is 43.6 Å². The maximum atomic E-state index is 12.7. The largest absolute Gasteiger partial charge is 0.493 e. The van der Waals surface area contributed by atoms with Gasteiger partial charge in [-0.1, -0.05) is 72.8 Å². The Morgan fingerprint density at radius 3 is 1.28 bits per heavy atom. The number of benzene rings is 6. The highest BCUT2D eigenvalue weighted by molar-refractivity contribution is 5.92. The van der Waals surface area contributed by atoms with Crippen LogP contribution < -0.4 is 34.2 Å². The molecule has 13 nitrogen and oxygen atoms in total. The molecule has 0 bridgehead atoms. The topological polar surface area (TPSA) is 163 Å². The van der Waals surface area contributed by atoms with Gasteiger partial charge in [0.1, 0.15) is 25.0 Å². The first-order valence-corrected chi connectivity index (χ1v) is 19.0. The maximum Gasteiger partial charge on any atom is 0.203 e. The molecule has 6 aromatic carbocycles. The summed E-state index contributed by atoms with van der Waals surface area (Å²) in [6.07, 6.45) is 1.09. The average molecular weight is 833 g/mol. The van der Waals surface area contributed by atoms with Crippen molar-refractivity contribution < 1.29 is 52.3 Å². The Bertz CT molecular complexity index is 2380. The summed E-state index contributed by atoms with van der Waals surface area (Å²) in [4.78, 5) is 39.3. The minimum atomic E-state index is -0.674. The minimum Gasteiger partial charge on any atom is -0.493 e. The van der Waals surface area contributed by atoms with Crippen molar-refractivity contribution in [2.75, 3.05) is 70.0 Å². The minimum absolute atomic E-state index is 0.00860. The van der Waals surface area contributed by atoms with Crippen molar-refractivity contribution in [1.82, 2.24) is 0 Å². The SMILES string of the molecule is COC(C(=O)CN)c1ccc2ccccc2c1.COc1cc(C=NCC(=O)C(OC)c2ccc3ccccc3c2)cc(OC)c1OC.COc1cc(C=O)cc(OC)c1OC. The second-order valence-corrected chi connectivity index (χ2v) is 13.1. The quantitative estimate of drug-likeness (QED) is 0.0701. The van der Waals surface area contributed by atoms with Crippen molar-refractivity contribution in [2.24, 2.45) is 10.7 Å². The summed E-state index contributed by atoms with van der Waals surface area (Å²) >= 11 is 0. The maximum absolute atomic E-state index is 12.7. The van der Waals surface area contributed by atoms with Crippen LogP contribution in [0, 0.1) is 0 Å². The summed E-state index contributed by atoms with van der Waals surface area (Å²) in [5.41, 5.74) is 8.25. The zero-order valence-corrected chi connectivity index (χ0v) is 35.6. The highest BCUT2D eigenvalue weighted by Crippen LogP contribution is 2.39. The molecule has 61 heavy (non-hydrogen) atoms. The van der Waals surface area contributed by atoms with E-state index < -0.39 is 12.2 Å². The molecule has 0 heterocycles. The van der Waals surface area contributed by atoms with Crippen LogP contribution >= 0.6 is 0 Å². The Labute approximate surface area is 355 Å². The number of rotatable bonds is 17. The molecule has 2 atom stereocenters. The van der Waals surface area contributed by atoms with Gasteiger partial charge in [0, 0.05) is 26.0 Å². The van der Waals surface area contributed by atoms with Crippen molar-refractivity contribution in [3.63, 3.8) is 0 Å². The number of nitrogens with two attached hydrogens (primary N) is 1. The summed E-state index contributed by atoms with van der Waals surface area (Å²) in [7, 11) is 12.2. The molecular weight excluding hydrogens is 781 g/mol. The number of nitrogens with zero attached hydrogens (tertiary/aromatic N) is 1. The number of fused-ring (bicyclic) bond motifs is 2. The van der Waals surface area contributed by atoms with E-state index in [-0.39, 0.29) is 24.7 Å². The van der Waals surface area contributed by atoms with Gasteiger partial charge in [0.15, 0.2) is 34.6 Å². The van der Waals surface area contributed by atoms with Crippen molar-refractivity contribution in [3.05, 3.63) is 131 Å². The van der Waals surface area contributed by atoms with E-state index in [9.17, 15) is 14.4 Å². The first-order chi connectivity index (χ1) is 29.6. The third kappa shape index (κ3) is 12.1. The number of methoxy groups -OCH3 is 8. The van der Waals surface area contributed by atoms with E-state index in [0.29, 0.717) is 40.1 Å². The fourth-order valence-electron chi connectivity index (χ4n) is 6.42. The van der Waals surface area contributed by atoms with Crippen LogP contribution in [-0.4, -0.2) is 94.0 Å². The number of carbonyl (C=O) groups excluding carboxylic acids is 3. The first-order valence-electron chi connectivity index (χ1n) is 19.0. The van der Waals surface area contributed by atoms with Gasteiger partial charge in [-0.3, -0.25) is 19.4 Å². The molecule has 0 saturated heterocycles. The van der Waals surface area contributed by atoms with Crippen molar-refractivity contribution in [2.45, 2.75) is 12.2 Å². The summed E-state index contributed by atoms with van der Waals surface area (Å²) in [5, 5.41) is 4.41. The zero-order chi connectivity index (χ0) is 44.3. The van der Waals surface area contributed by atoms with E-state index in [1.54, 1.807) is 51.8 Å². The number of hydrogen-bond acceptors (Lipinski definition) is 13. The third-order valence-electron chi connectivity index (χ3n) is 9.41. The number of aliphatic imine (C=N–C) groups is 1. The second kappa shape index (κ2) is 23.7. The Morgan fingerprint density at radius 1 is 0.525 bits per heavy atom. The van der Waals surface area contributed by atoms with Gasteiger partial charge < -0.3 is 43.6 Å². The zero-order valence-electron chi connectivity index (χ0n) is 35.6. The fourth-order valence-corrected chi connectivity index (χ4v) is 6.42. The van der Waals surface area contributed by atoms with E-state index in [2.05, 4.69) is 4.99 Å². The molecule has 0 aliphatic heterocycles. The molecular formula is C48H52N2O11. The van der Waals surface area contributed by atoms with Crippen molar-refractivity contribution in [3.8, 4) is 34.5 Å². The van der Waals surface area contributed by atoms with Gasteiger partial charge in [-0.15, -0.1) is 0 Å². The van der Waals surface area contributed by atoms with E-state index in [1.807, 2.05) is 84.9 Å². The Hall–Kier alpha value is -6.80. The number of Topliss-reactive ketones (excluding diaryl/α,β-unsaturated/α-hetero) is 2. The van der Waals surface area contributed by atoms with Gasteiger partial charge in [0.25, 0.3) is 0 Å². The lowest BCUT2D eigenvalue weighted by Gasteiger charge is -2.14. The lowest BCUT2D eigenvalue weighted by atomic mass is 10.0. The van der Waals surface area contributed by atoms with Gasteiger partial charge in [-0.05, 0) is 74.6 Å². The van der Waals surface area contributed by atoms with Gasteiger partial charge in [0.05, 0.1) is 49.2 Å². The molecule has 2 unspecified atom stereocenters.